The molecule has 0 aliphatic carbocycles. The molecule has 0 aliphatic heterocycles. The van der Waals surface area contributed by atoms with Crippen molar-refractivity contribution in [1.82, 2.24) is 4.98 Å². The molecular formula is C9H7ClN2O2S. The molecule has 2 aromatic rings. The number of anilines is 1. The van der Waals surface area contributed by atoms with E-state index in [4.69, 9.17) is 17.3 Å². The lowest BCUT2D eigenvalue weighted by atomic mass is 10.2. The van der Waals surface area contributed by atoms with Gasteiger partial charge in [0.1, 0.15) is 0 Å². The topological polar surface area (TPSA) is 65.2 Å². The number of methoxy groups -OCH3 is 1. The van der Waals surface area contributed by atoms with Crippen LogP contribution in [0.3, 0.4) is 0 Å². The standard InChI is InChI=1S/C9H7ClN2O2S/c1-14-8(13)4-2-5(10)7-6(3-4)12-9(11)15-7/h2-3H,1H3,(H2,11,12). The highest BCUT2D eigenvalue weighted by Crippen LogP contribution is 2.31. The molecule has 2 N–H and O–H groups in total. The van der Waals surface area contributed by atoms with Gasteiger partial charge in [0.15, 0.2) is 5.13 Å². The molecule has 1 heterocycles. The van der Waals surface area contributed by atoms with Crippen molar-refractivity contribution in [1.29, 1.82) is 0 Å². The van der Waals surface area contributed by atoms with Crippen molar-refractivity contribution < 1.29 is 9.53 Å². The summed E-state index contributed by atoms with van der Waals surface area (Å²) in [6, 6.07) is 3.16. The monoisotopic (exact) mass is 242 g/mol. The maximum absolute atomic E-state index is 11.3. The number of rotatable bonds is 1. The molecule has 0 radical (unpaired) electrons. The summed E-state index contributed by atoms with van der Waals surface area (Å²) in [5.41, 5.74) is 6.54. The summed E-state index contributed by atoms with van der Waals surface area (Å²) in [5, 5.41) is 0.885. The van der Waals surface area contributed by atoms with Crippen LogP contribution in [-0.4, -0.2) is 18.1 Å². The molecule has 15 heavy (non-hydrogen) atoms. The number of fused-ring (bicyclic) bond motifs is 1. The molecule has 1 aromatic heterocycles. The number of halogens is 1. The van der Waals surface area contributed by atoms with E-state index in [1.165, 1.54) is 18.4 Å². The molecule has 4 nitrogen and oxygen atoms in total. The van der Waals surface area contributed by atoms with Gasteiger partial charge in [-0.2, -0.15) is 0 Å². The Labute approximate surface area is 94.6 Å². The fourth-order valence-electron chi connectivity index (χ4n) is 1.24. The summed E-state index contributed by atoms with van der Waals surface area (Å²) in [6.07, 6.45) is 0. The minimum absolute atomic E-state index is 0.375. The van der Waals surface area contributed by atoms with Gasteiger partial charge in [0.05, 0.1) is 27.9 Å². The molecule has 0 spiro atoms. The summed E-state index contributed by atoms with van der Waals surface area (Å²) in [4.78, 5) is 15.3. The fraction of sp³-hybridized carbons (Fsp3) is 0.111. The molecular weight excluding hydrogens is 236 g/mol. The number of ether oxygens (including phenoxy) is 1. The quantitative estimate of drug-likeness (QED) is 0.780. The van der Waals surface area contributed by atoms with E-state index in [1.807, 2.05) is 0 Å². The van der Waals surface area contributed by atoms with Crippen molar-refractivity contribution in [2.75, 3.05) is 12.8 Å². The molecule has 0 saturated carbocycles. The van der Waals surface area contributed by atoms with Crippen LogP contribution in [0.1, 0.15) is 10.4 Å². The number of carbonyl (C=O) groups excluding carboxylic acids is 1. The molecule has 0 bridgehead atoms. The number of esters is 1. The summed E-state index contributed by atoms with van der Waals surface area (Å²) >= 11 is 7.27. The van der Waals surface area contributed by atoms with Crippen LogP contribution in [-0.2, 0) is 4.74 Å². The largest absolute Gasteiger partial charge is 0.465 e. The van der Waals surface area contributed by atoms with Crippen molar-refractivity contribution in [2.24, 2.45) is 0 Å². The summed E-state index contributed by atoms with van der Waals surface area (Å²) in [7, 11) is 1.32. The molecule has 2 rings (SSSR count). The highest BCUT2D eigenvalue weighted by atomic mass is 35.5. The smallest absolute Gasteiger partial charge is 0.337 e. The molecule has 1 aromatic carbocycles. The Morgan fingerprint density at radius 1 is 1.60 bits per heavy atom. The van der Waals surface area contributed by atoms with E-state index in [1.54, 1.807) is 12.1 Å². The van der Waals surface area contributed by atoms with Crippen LogP contribution in [0.4, 0.5) is 5.13 Å². The second-order valence-electron chi connectivity index (χ2n) is 2.85. The summed E-state index contributed by atoms with van der Waals surface area (Å²) in [6.45, 7) is 0. The van der Waals surface area contributed by atoms with Crippen LogP contribution in [0, 0.1) is 0 Å². The average Bonchev–Trinajstić information content (AvgIpc) is 2.58. The zero-order chi connectivity index (χ0) is 11.0. The molecule has 0 saturated heterocycles. The molecule has 6 heteroatoms. The van der Waals surface area contributed by atoms with E-state index in [2.05, 4.69) is 9.72 Å². The highest BCUT2D eigenvalue weighted by molar-refractivity contribution is 7.22. The highest BCUT2D eigenvalue weighted by Gasteiger charge is 2.12. The molecule has 78 valence electrons. The van der Waals surface area contributed by atoms with Crippen LogP contribution >= 0.6 is 22.9 Å². The van der Waals surface area contributed by atoms with E-state index < -0.39 is 5.97 Å². The van der Waals surface area contributed by atoms with Gasteiger partial charge in [0.2, 0.25) is 0 Å². The van der Waals surface area contributed by atoms with Crippen molar-refractivity contribution in [3.8, 4) is 0 Å². The Hall–Kier alpha value is -1.33. The first kappa shape index (κ1) is 10.2. The van der Waals surface area contributed by atoms with Crippen molar-refractivity contribution in [3.05, 3.63) is 22.7 Å². The van der Waals surface area contributed by atoms with Crippen molar-refractivity contribution in [2.45, 2.75) is 0 Å². The molecule has 0 fully saturated rings. The Bertz CT molecular complexity index is 538. The van der Waals surface area contributed by atoms with Crippen LogP contribution in [0.2, 0.25) is 5.02 Å². The SMILES string of the molecule is COC(=O)c1cc(Cl)c2sc(N)nc2c1. The number of carbonyl (C=O) groups is 1. The predicted molar refractivity (Wildman–Crippen MR) is 60.4 cm³/mol. The second kappa shape index (κ2) is 3.67. The minimum Gasteiger partial charge on any atom is -0.465 e. The summed E-state index contributed by atoms with van der Waals surface area (Å²) in [5.74, 6) is -0.439. The number of nitrogen functional groups attached to an aromatic ring is 1. The molecule has 0 aliphatic rings. The van der Waals surface area contributed by atoms with E-state index in [0.29, 0.717) is 21.2 Å². The Morgan fingerprint density at radius 3 is 3.00 bits per heavy atom. The number of thiazole rings is 1. The van der Waals surface area contributed by atoms with Gasteiger partial charge in [-0.25, -0.2) is 9.78 Å². The maximum Gasteiger partial charge on any atom is 0.337 e. The predicted octanol–water partition coefficient (Wildman–Crippen LogP) is 2.32. The molecule has 0 unspecified atom stereocenters. The Morgan fingerprint density at radius 2 is 2.33 bits per heavy atom. The third kappa shape index (κ3) is 1.75. The first-order chi connectivity index (χ1) is 7.11. The van der Waals surface area contributed by atoms with Gasteiger partial charge in [-0.1, -0.05) is 22.9 Å². The van der Waals surface area contributed by atoms with Gasteiger partial charge in [0, 0.05) is 0 Å². The van der Waals surface area contributed by atoms with Crippen LogP contribution in [0.25, 0.3) is 10.2 Å². The van der Waals surface area contributed by atoms with E-state index in [9.17, 15) is 4.79 Å². The maximum atomic E-state index is 11.3. The van der Waals surface area contributed by atoms with Crippen LogP contribution < -0.4 is 5.73 Å². The van der Waals surface area contributed by atoms with E-state index in [0.717, 1.165) is 4.70 Å². The first-order valence-corrected chi connectivity index (χ1v) is 5.25. The third-order valence-electron chi connectivity index (χ3n) is 1.88. The lowest BCUT2D eigenvalue weighted by molar-refractivity contribution is 0.0601. The fourth-order valence-corrected chi connectivity index (χ4v) is 2.29. The molecule has 0 amide bonds. The first-order valence-electron chi connectivity index (χ1n) is 4.05. The number of hydrogen-bond donors (Lipinski definition) is 1. The number of hydrogen-bond acceptors (Lipinski definition) is 5. The van der Waals surface area contributed by atoms with Gasteiger partial charge < -0.3 is 10.5 Å². The minimum atomic E-state index is -0.439. The normalized spacial score (nSPS) is 10.5. The van der Waals surface area contributed by atoms with Crippen molar-refractivity contribution in [3.63, 3.8) is 0 Å². The van der Waals surface area contributed by atoms with Gasteiger partial charge in [-0.3, -0.25) is 0 Å². The number of aromatic nitrogens is 1. The zero-order valence-corrected chi connectivity index (χ0v) is 9.35. The Balaban J connectivity index is 2.66. The number of nitrogens with zero attached hydrogens (tertiary/aromatic N) is 1. The second-order valence-corrected chi connectivity index (χ2v) is 4.29. The third-order valence-corrected chi connectivity index (χ3v) is 3.23. The van der Waals surface area contributed by atoms with Crippen LogP contribution in [0.5, 0.6) is 0 Å². The lowest BCUT2D eigenvalue weighted by Gasteiger charge is -1.99. The van der Waals surface area contributed by atoms with Gasteiger partial charge in [-0.05, 0) is 12.1 Å². The van der Waals surface area contributed by atoms with Crippen molar-refractivity contribution >= 4 is 44.3 Å². The van der Waals surface area contributed by atoms with Gasteiger partial charge in [-0.15, -0.1) is 0 Å². The zero-order valence-electron chi connectivity index (χ0n) is 7.78. The Kier molecular flexibility index (Phi) is 2.50. The van der Waals surface area contributed by atoms with E-state index >= 15 is 0 Å². The van der Waals surface area contributed by atoms with Gasteiger partial charge in [0.25, 0.3) is 0 Å². The van der Waals surface area contributed by atoms with Gasteiger partial charge >= 0.3 is 5.97 Å². The van der Waals surface area contributed by atoms with Crippen LogP contribution in [0.15, 0.2) is 12.1 Å². The molecule has 0 atom stereocenters. The number of nitrogens with two attached hydrogens (primary N) is 1. The summed E-state index contributed by atoms with van der Waals surface area (Å²) < 4.78 is 5.37. The van der Waals surface area contributed by atoms with E-state index in [-0.39, 0.29) is 0 Å². The number of benzene rings is 1. The lowest BCUT2D eigenvalue weighted by Crippen LogP contribution is -2.00. The average molecular weight is 243 g/mol.